The van der Waals surface area contributed by atoms with Gasteiger partial charge in [-0.05, 0) is 30.7 Å². The Balaban J connectivity index is 2.67. The molecule has 0 radical (unpaired) electrons. The quantitative estimate of drug-likeness (QED) is 0.530. The lowest BCUT2D eigenvalue weighted by Gasteiger charge is -2.03. The van der Waals surface area contributed by atoms with Crippen LogP contribution in [0, 0.1) is 6.92 Å². The Morgan fingerprint density at radius 3 is 3.00 bits per heavy atom. The van der Waals surface area contributed by atoms with Crippen molar-refractivity contribution in [3.8, 4) is 0 Å². The monoisotopic (exact) mass is 211 g/mol. The van der Waals surface area contributed by atoms with Crippen LogP contribution in [0.25, 0.3) is 16.7 Å². The van der Waals surface area contributed by atoms with E-state index in [1.165, 1.54) is 0 Å². The van der Waals surface area contributed by atoms with E-state index in [1.807, 2.05) is 19.1 Å². The van der Waals surface area contributed by atoms with Gasteiger partial charge in [0.05, 0.1) is 5.39 Å². The van der Waals surface area contributed by atoms with Crippen molar-refractivity contribution in [1.29, 1.82) is 0 Å². The Morgan fingerprint density at radius 1 is 1.25 bits per heavy atom. The van der Waals surface area contributed by atoms with E-state index in [-0.39, 0.29) is 5.56 Å². The Kier molecular flexibility index (Phi) is 1.77. The normalized spacial score (nSPS) is 11.1. The summed E-state index contributed by atoms with van der Waals surface area (Å²) in [4.78, 5) is 20.6. The highest BCUT2D eigenvalue weighted by Crippen LogP contribution is 2.09. The number of nitrogens with zero attached hydrogens (tertiary/aromatic N) is 3. The zero-order valence-corrected chi connectivity index (χ0v) is 8.71. The summed E-state index contributed by atoms with van der Waals surface area (Å²) in [5.41, 5.74) is 2.06. The van der Waals surface area contributed by atoms with Crippen LogP contribution in [0.2, 0.25) is 0 Å². The zero-order valence-electron chi connectivity index (χ0n) is 8.71. The molecule has 0 atom stereocenters. The molecule has 0 fully saturated rings. The summed E-state index contributed by atoms with van der Waals surface area (Å²) in [5.74, 6) is 0. The van der Waals surface area contributed by atoms with Gasteiger partial charge in [0.1, 0.15) is 5.65 Å². The third-order valence-electron chi connectivity index (χ3n) is 2.61. The Hall–Kier alpha value is -2.23. The summed E-state index contributed by atoms with van der Waals surface area (Å²) < 4.78 is 1.55. The van der Waals surface area contributed by atoms with Crippen molar-refractivity contribution in [2.45, 2.75) is 6.92 Å². The van der Waals surface area contributed by atoms with Gasteiger partial charge in [0, 0.05) is 12.4 Å². The van der Waals surface area contributed by atoms with Gasteiger partial charge in [-0.1, -0.05) is 6.07 Å². The summed E-state index contributed by atoms with van der Waals surface area (Å²) in [7, 11) is 0. The summed E-state index contributed by atoms with van der Waals surface area (Å²) in [6.45, 7) is 1.93. The molecule has 0 saturated carbocycles. The second-order valence-corrected chi connectivity index (χ2v) is 3.68. The van der Waals surface area contributed by atoms with Crippen molar-refractivity contribution in [3.05, 3.63) is 52.6 Å². The smallest absolute Gasteiger partial charge is 0.267 e. The van der Waals surface area contributed by atoms with Crippen molar-refractivity contribution in [3.63, 3.8) is 0 Å². The molecule has 4 heteroatoms. The molecular formula is C12H9N3O. The molecule has 3 rings (SSSR count). The molecule has 0 bridgehead atoms. The van der Waals surface area contributed by atoms with Crippen molar-refractivity contribution in [2.75, 3.05) is 0 Å². The van der Waals surface area contributed by atoms with Gasteiger partial charge >= 0.3 is 0 Å². The van der Waals surface area contributed by atoms with Crippen LogP contribution in [0.3, 0.4) is 0 Å². The van der Waals surface area contributed by atoms with Crippen LogP contribution in [-0.4, -0.2) is 14.4 Å². The number of aryl methyl sites for hydroxylation is 1. The van der Waals surface area contributed by atoms with E-state index in [0.29, 0.717) is 16.7 Å². The van der Waals surface area contributed by atoms with Crippen molar-refractivity contribution in [2.24, 2.45) is 0 Å². The van der Waals surface area contributed by atoms with Gasteiger partial charge in [0.25, 0.3) is 5.56 Å². The Labute approximate surface area is 91.2 Å². The minimum absolute atomic E-state index is 0.0724. The summed E-state index contributed by atoms with van der Waals surface area (Å²) in [5, 5.41) is 0.547. The zero-order chi connectivity index (χ0) is 11.1. The summed E-state index contributed by atoms with van der Waals surface area (Å²) in [6, 6.07) is 7.25. The van der Waals surface area contributed by atoms with Gasteiger partial charge in [-0.3, -0.25) is 9.20 Å². The van der Waals surface area contributed by atoms with E-state index >= 15 is 0 Å². The summed E-state index contributed by atoms with van der Waals surface area (Å²) >= 11 is 0. The third kappa shape index (κ3) is 1.13. The number of pyridine rings is 2. The van der Waals surface area contributed by atoms with Gasteiger partial charge in [0.15, 0.2) is 5.65 Å². The number of aromatic nitrogens is 3. The predicted octanol–water partition coefficient (Wildman–Crippen LogP) is 1.55. The van der Waals surface area contributed by atoms with Crippen LogP contribution < -0.4 is 5.56 Å². The maximum absolute atomic E-state index is 12.1. The average molecular weight is 211 g/mol. The lowest BCUT2D eigenvalue weighted by molar-refractivity contribution is 1.05. The topological polar surface area (TPSA) is 47.3 Å². The molecule has 3 heterocycles. The average Bonchev–Trinajstić information content (AvgIpc) is 2.31. The van der Waals surface area contributed by atoms with E-state index < -0.39 is 0 Å². The van der Waals surface area contributed by atoms with Gasteiger partial charge in [0.2, 0.25) is 0 Å². The highest BCUT2D eigenvalue weighted by Gasteiger charge is 2.06. The lowest BCUT2D eigenvalue weighted by Crippen LogP contribution is -2.16. The van der Waals surface area contributed by atoms with Gasteiger partial charge in [-0.2, -0.15) is 0 Å². The van der Waals surface area contributed by atoms with E-state index in [0.717, 1.165) is 5.56 Å². The Bertz CT molecular complexity index is 746. The minimum Gasteiger partial charge on any atom is -0.268 e. The van der Waals surface area contributed by atoms with E-state index in [2.05, 4.69) is 9.97 Å². The van der Waals surface area contributed by atoms with Crippen LogP contribution in [0.1, 0.15) is 5.56 Å². The first-order chi connectivity index (χ1) is 7.77. The van der Waals surface area contributed by atoms with Crippen molar-refractivity contribution < 1.29 is 0 Å². The lowest BCUT2D eigenvalue weighted by atomic mass is 10.2. The number of rotatable bonds is 0. The molecule has 0 spiro atoms. The van der Waals surface area contributed by atoms with Crippen LogP contribution in [0.4, 0.5) is 0 Å². The van der Waals surface area contributed by atoms with Crippen LogP contribution in [-0.2, 0) is 0 Å². The fraction of sp³-hybridized carbons (Fsp3) is 0.0833. The maximum atomic E-state index is 12.1. The SMILES string of the molecule is Cc1cccn2c(=O)c3cccnc3nc12. The van der Waals surface area contributed by atoms with Gasteiger partial charge in [-0.25, -0.2) is 9.97 Å². The van der Waals surface area contributed by atoms with E-state index in [1.54, 1.807) is 28.9 Å². The first kappa shape index (κ1) is 9.03. The van der Waals surface area contributed by atoms with Gasteiger partial charge < -0.3 is 0 Å². The molecule has 78 valence electrons. The van der Waals surface area contributed by atoms with Gasteiger partial charge in [-0.15, -0.1) is 0 Å². The molecule has 0 aliphatic heterocycles. The molecule has 0 N–H and O–H groups in total. The molecule has 0 aliphatic carbocycles. The fourth-order valence-electron chi connectivity index (χ4n) is 1.80. The maximum Gasteiger partial charge on any atom is 0.267 e. The van der Waals surface area contributed by atoms with Crippen LogP contribution in [0.5, 0.6) is 0 Å². The highest BCUT2D eigenvalue weighted by atomic mass is 16.1. The van der Waals surface area contributed by atoms with E-state index in [4.69, 9.17) is 0 Å². The largest absolute Gasteiger partial charge is 0.268 e. The second kappa shape index (κ2) is 3.13. The predicted molar refractivity (Wildman–Crippen MR) is 61.5 cm³/mol. The molecule has 0 aliphatic rings. The standard InChI is InChI=1S/C12H9N3O/c1-8-4-3-7-15-11(8)14-10-9(12(15)16)5-2-6-13-10/h2-7H,1H3. The van der Waals surface area contributed by atoms with Crippen LogP contribution >= 0.6 is 0 Å². The molecule has 4 nitrogen and oxygen atoms in total. The third-order valence-corrected chi connectivity index (χ3v) is 2.61. The van der Waals surface area contributed by atoms with E-state index in [9.17, 15) is 4.79 Å². The molecule has 16 heavy (non-hydrogen) atoms. The molecule has 3 aromatic heterocycles. The molecule has 0 amide bonds. The molecular weight excluding hydrogens is 202 g/mol. The number of fused-ring (bicyclic) bond motifs is 2. The van der Waals surface area contributed by atoms with Crippen LogP contribution in [0.15, 0.2) is 41.5 Å². The Morgan fingerprint density at radius 2 is 2.12 bits per heavy atom. The first-order valence-electron chi connectivity index (χ1n) is 5.00. The van der Waals surface area contributed by atoms with Crippen molar-refractivity contribution >= 4 is 16.7 Å². The highest BCUT2D eigenvalue weighted by molar-refractivity contribution is 5.75. The summed E-state index contributed by atoms with van der Waals surface area (Å²) in [6.07, 6.45) is 3.37. The molecule has 0 aromatic carbocycles. The molecule has 0 unspecified atom stereocenters. The second-order valence-electron chi connectivity index (χ2n) is 3.68. The van der Waals surface area contributed by atoms with Crippen molar-refractivity contribution in [1.82, 2.24) is 14.4 Å². The first-order valence-corrected chi connectivity index (χ1v) is 5.00. The molecule has 3 aromatic rings. The minimum atomic E-state index is -0.0724. The molecule has 0 saturated heterocycles. The number of hydrogen-bond acceptors (Lipinski definition) is 3. The fourth-order valence-corrected chi connectivity index (χ4v) is 1.80. The number of hydrogen-bond donors (Lipinski definition) is 0.